The fourth-order valence-electron chi connectivity index (χ4n) is 1.62. The number of carboxylic acids is 1. The van der Waals surface area contributed by atoms with Crippen LogP contribution in [0.1, 0.15) is 38.5 Å². The molecule has 0 aromatic carbocycles. The van der Waals surface area contributed by atoms with Gasteiger partial charge >= 0.3 is 5.97 Å². The van der Waals surface area contributed by atoms with Crippen LogP contribution in [0.2, 0.25) is 0 Å². The topological polar surface area (TPSA) is 37.3 Å². The summed E-state index contributed by atoms with van der Waals surface area (Å²) in [5, 5.41) is 8.41. The lowest BCUT2D eigenvalue weighted by Crippen LogP contribution is -2.19. The number of hydrogen-bond acceptors (Lipinski definition) is 3. The standard InChI is InChI=1S/C6H10O2S.C5H10S/c7-6(8)5-3-1-2-4-9-5;1-2-4-6-5-3-1/h5H,1-4H2,(H,7,8);1-5H2. The molecule has 2 aliphatic heterocycles. The van der Waals surface area contributed by atoms with Gasteiger partial charge in [-0.2, -0.15) is 11.8 Å². The van der Waals surface area contributed by atoms with E-state index < -0.39 is 5.97 Å². The Morgan fingerprint density at radius 1 is 1.00 bits per heavy atom. The first-order valence-electron chi connectivity index (χ1n) is 5.73. The van der Waals surface area contributed by atoms with E-state index in [1.807, 2.05) is 0 Å². The number of carboxylic acid groups (broad SMARTS) is 1. The fraction of sp³-hybridized carbons (Fsp3) is 0.909. The van der Waals surface area contributed by atoms with Crippen LogP contribution in [-0.2, 0) is 4.79 Å². The van der Waals surface area contributed by atoms with Crippen LogP contribution in [0, 0.1) is 0 Å². The maximum absolute atomic E-state index is 10.3. The highest BCUT2D eigenvalue weighted by Gasteiger charge is 2.19. The normalized spacial score (nSPS) is 26.3. The van der Waals surface area contributed by atoms with E-state index in [-0.39, 0.29) is 5.25 Å². The summed E-state index contributed by atoms with van der Waals surface area (Å²) in [6.45, 7) is 0. The Morgan fingerprint density at radius 3 is 1.93 bits per heavy atom. The molecule has 0 bridgehead atoms. The molecule has 0 spiro atoms. The molecule has 1 atom stereocenters. The van der Waals surface area contributed by atoms with Gasteiger partial charge in [0, 0.05) is 0 Å². The molecule has 0 aliphatic carbocycles. The predicted octanol–water partition coefficient (Wildman–Crippen LogP) is 3.26. The van der Waals surface area contributed by atoms with Crippen molar-refractivity contribution in [2.75, 3.05) is 17.3 Å². The zero-order chi connectivity index (χ0) is 10.9. The average molecular weight is 248 g/mol. The minimum absolute atomic E-state index is 0.112. The van der Waals surface area contributed by atoms with Crippen molar-refractivity contribution in [1.29, 1.82) is 0 Å². The molecule has 2 fully saturated rings. The number of rotatable bonds is 1. The minimum atomic E-state index is -0.639. The van der Waals surface area contributed by atoms with Crippen LogP contribution < -0.4 is 0 Å². The highest BCUT2D eigenvalue weighted by atomic mass is 32.2. The number of aliphatic carboxylic acids is 1. The van der Waals surface area contributed by atoms with Gasteiger partial charge in [0.05, 0.1) is 0 Å². The minimum Gasteiger partial charge on any atom is -0.480 e. The molecule has 2 rings (SSSR count). The molecule has 15 heavy (non-hydrogen) atoms. The van der Waals surface area contributed by atoms with E-state index in [2.05, 4.69) is 11.8 Å². The first-order valence-corrected chi connectivity index (χ1v) is 7.93. The monoisotopic (exact) mass is 248 g/mol. The summed E-state index contributed by atoms with van der Waals surface area (Å²) in [5.74, 6) is 3.22. The lowest BCUT2D eigenvalue weighted by atomic mass is 10.2. The van der Waals surface area contributed by atoms with Crippen molar-refractivity contribution in [1.82, 2.24) is 0 Å². The Kier molecular flexibility index (Phi) is 7.36. The molecular formula is C11H20O2S2. The number of hydrogen-bond donors (Lipinski definition) is 1. The summed E-state index contributed by atoms with van der Waals surface area (Å²) in [6, 6.07) is 0. The van der Waals surface area contributed by atoms with Gasteiger partial charge in [0.15, 0.2) is 0 Å². The zero-order valence-electron chi connectivity index (χ0n) is 9.11. The van der Waals surface area contributed by atoms with Crippen molar-refractivity contribution in [3.05, 3.63) is 0 Å². The van der Waals surface area contributed by atoms with E-state index in [9.17, 15) is 4.79 Å². The summed E-state index contributed by atoms with van der Waals surface area (Å²) in [5.41, 5.74) is 0. The van der Waals surface area contributed by atoms with E-state index in [0.29, 0.717) is 0 Å². The molecule has 0 aromatic rings. The lowest BCUT2D eigenvalue weighted by molar-refractivity contribution is -0.136. The molecule has 88 valence electrons. The second-order valence-corrected chi connectivity index (χ2v) is 6.40. The average Bonchev–Trinajstić information content (AvgIpc) is 2.33. The molecule has 2 aliphatic rings. The van der Waals surface area contributed by atoms with Gasteiger partial charge in [-0.25, -0.2) is 0 Å². The molecule has 0 saturated carbocycles. The van der Waals surface area contributed by atoms with Gasteiger partial charge in [-0.1, -0.05) is 12.8 Å². The Balaban J connectivity index is 0.000000162. The van der Waals surface area contributed by atoms with Crippen LogP contribution in [0.15, 0.2) is 0 Å². The summed E-state index contributed by atoms with van der Waals surface area (Å²) >= 11 is 3.67. The first-order chi connectivity index (χ1) is 7.30. The van der Waals surface area contributed by atoms with Gasteiger partial charge in [-0.3, -0.25) is 4.79 Å². The zero-order valence-corrected chi connectivity index (χ0v) is 10.7. The second kappa shape index (κ2) is 8.34. The van der Waals surface area contributed by atoms with Gasteiger partial charge in [-0.15, -0.1) is 11.8 Å². The maximum atomic E-state index is 10.3. The third-order valence-corrected chi connectivity index (χ3v) is 5.05. The van der Waals surface area contributed by atoms with Gasteiger partial charge in [0.2, 0.25) is 0 Å². The molecular weight excluding hydrogens is 228 g/mol. The molecule has 4 heteroatoms. The van der Waals surface area contributed by atoms with Crippen LogP contribution in [0.4, 0.5) is 0 Å². The van der Waals surface area contributed by atoms with E-state index in [1.165, 1.54) is 37.2 Å². The quantitative estimate of drug-likeness (QED) is 0.773. The SMILES string of the molecule is C1CCSCC1.O=C(O)C1CCCCS1. The van der Waals surface area contributed by atoms with Crippen molar-refractivity contribution < 1.29 is 9.90 Å². The van der Waals surface area contributed by atoms with Crippen molar-refractivity contribution >= 4 is 29.5 Å². The second-order valence-electron chi connectivity index (χ2n) is 3.87. The molecule has 1 N–H and O–H groups in total. The van der Waals surface area contributed by atoms with Gasteiger partial charge in [0.1, 0.15) is 5.25 Å². The molecule has 0 amide bonds. The van der Waals surface area contributed by atoms with Gasteiger partial charge in [0.25, 0.3) is 0 Å². The van der Waals surface area contributed by atoms with E-state index in [0.717, 1.165) is 18.6 Å². The Hall–Kier alpha value is 0.170. The first kappa shape index (κ1) is 13.2. The van der Waals surface area contributed by atoms with Crippen molar-refractivity contribution in [3.63, 3.8) is 0 Å². The summed E-state index contributed by atoms with van der Waals surface area (Å²) in [7, 11) is 0. The summed E-state index contributed by atoms with van der Waals surface area (Å²) < 4.78 is 0. The van der Waals surface area contributed by atoms with E-state index >= 15 is 0 Å². The van der Waals surface area contributed by atoms with Crippen molar-refractivity contribution in [2.24, 2.45) is 0 Å². The predicted molar refractivity (Wildman–Crippen MR) is 68.9 cm³/mol. The van der Waals surface area contributed by atoms with Crippen LogP contribution in [-0.4, -0.2) is 33.6 Å². The Morgan fingerprint density at radius 2 is 1.67 bits per heavy atom. The molecule has 2 saturated heterocycles. The molecule has 0 aromatic heterocycles. The van der Waals surface area contributed by atoms with Crippen molar-refractivity contribution in [2.45, 2.75) is 43.8 Å². The molecule has 0 radical (unpaired) electrons. The number of thioether (sulfide) groups is 2. The largest absolute Gasteiger partial charge is 0.480 e. The van der Waals surface area contributed by atoms with Crippen LogP contribution in [0.5, 0.6) is 0 Å². The lowest BCUT2D eigenvalue weighted by Gasteiger charge is -2.16. The third kappa shape index (κ3) is 6.36. The molecule has 2 nitrogen and oxygen atoms in total. The summed E-state index contributed by atoms with van der Waals surface area (Å²) in [6.07, 6.45) is 7.54. The van der Waals surface area contributed by atoms with Gasteiger partial charge in [-0.05, 0) is 42.9 Å². The smallest absolute Gasteiger partial charge is 0.316 e. The van der Waals surface area contributed by atoms with E-state index in [1.54, 1.807) is 11.8 Å². The Labute approximate surface area is 101 Å². The molecule has 1 unspecified atom stereocenters. The Bertz CT molecular complexity index is 164. The molecule has 2 heterocycles. The van der Waals surface area contributed by atoms with E-state index in [4.69, 9.17) is 5.11 Å². The van der Waals surface area contributed by atoms with Crippen LogP contribution >= 0.6 is 23.5 Å². The maximum Gasteiger partial charge on any atom is 0.316 e. The van der Waals surface area contributed by atoms with Gasteiger partial charge < -0.3 is 5.11 Å². The summed E-state index contributed by atoms with van der Waals surface area (Å²) in [4.78, 5) is 10.3. The highest BCUT2D eigenvalue weighted by molar-refractivity contribution is 8.00. The highest BCUT2D eigenvalue weighted by Crippen LogP contribution is 2.24. The van der Waals surface area contributed by atoms with Crippen LogP contribution in [0.25, 0.3) is 0 Å². The number of carbonyl (C=O) groups is 1. The van der Waals surface area contributed by atoms with Crippen molar-refractivity contribution in [3.8, 4) is 0 Å². The fourth-order valence-corrected chi connectivity index (χ4v) is 3.77. The van der Waals surface area contributed by atoms with Crippen LogP contribution in [0.3, 0.4) is 0 Å². The third-order valence-electron chi connectivity index (χ3n) is 2.53.